The molecule has 0 aromatic heterocycles. The Kier molecular flexibility index (Phi) is 10.2. The lowest BCUT2D eigenvalue weighted by Crippen LogP contribution is -2.50. The summed E-state index contributed by atoms with van der Waals surface area (Å²) in [6.45, 7) is 5.52. The Morgan fingerprint density at radius 2 is 1.69 bits per heavy atom. The fraction of sp³-hybridized carbons (Fsp3) is 0.464. The van der Waals surface area contributed by atoms with E-state index in [9.17, 15) is 14.4 Å². The van der Waals surface area contributed by atoms with Crippen LogP contribution in [0.2, 0.25) is 10.0 Å². The molecule has 0 heterocycles. The predicted molar refractivity (Wildman–Crippen MR) is 152 cm³/mol. The third-order valence-electron chi connectivity index (χ3n) is 6.63. The van der Waals surface area contributed by atoms with E-state index in [1.54, 1.807) is 63.2 Å². The molecular formula is C28H33Cl2N5O4. The molecule has 0 spiro atoms. The summed E-state index contributed by atoms with van der Waals surface area (Å²) >= 11 is 12.3. The topological polar surface area (TPSA) is 133 Å². The monoisotopic (exact) mass is 573 g/mol. The summed E-state index contributed by atoms with van der Waals surface area (Å²) in [6, 6.07) is 10.8. The first kappa shape index (κ1) is 30.3. The number of rotatable bonds is 10. The number of ether oxygens (including phenoxy) is 1. The zero-order chi connectivity index (χ0) is 28.6. The number of halogens is 2. The number of anilines is 1. The van der Waals surface area contributed by atoms with Crippen LogP contribution >= 0.6 is 23.2 Å². The number of nitrogens with one attached hydrogen (secondary N) is 2. The first-order valence-corrected chi connectivity index (χ1v) is 13.6. The summed E-state index contributed by atoms with van der Waals surface area (Å²) in [5.74, 6) is -1.21. The maximum Gasteiger partial charge on any atom is 0.329 e. The molecule has 0 radical (unpaired) electrons. The average molecular weight is 575 g/mol. The first-order valence-electron chi connectivity index (χ1n) is 12.8. The highest BCUT2D eigenvalue weighted by Gasteiger charge is 2.42. The molecule has 2 aromatic rings. The van der Waals surface area contributed by atoms with E-state index in [4.69, 9.17) is 33.5 Å². The van der Waals surface area contributed by atoms with Gasteiger partial charge in [0.2, 0.25) is 5.91 Å². The molecule has 1 fully saturated rings. The Hall–Kier alpha value is -3.26. The molecule has 1 aliphatic carbocycles. The molecule has 0 aliphatic heterocycles. The molecule has 2 N–H and O–H groups in total. The molecule has 208 valence electrons. The lowest BCUT2D eigenvalue weighted by molar-refractivity contribution is -0.159. The van der Waals surface area contributed by atoms with E-state index in [0.29, 0.717) is 24.9 Å². The molecule has 39 heavy (non-hydrogen) atoms. The summed E-state index contributed by atoms with van der Waals surface area (Å²) in [6.07, 6.45) is 3.75. The largest absolute Gasteiger partial charge is 0.458 e. The molecular weight excluding hydrogens is 541 g/mol. The molecule has 1 aliphatic rings. The van der Waals surface area contributed by atoms with E-state index in [2.05, 4.69) is 20.7 Å². The summed E-state index contributed by atoms with van der Waals surface area (Å²) in [5, 5.41) is 9.80. The molecule has 11 heteroatoms. The van der Waals surface area contributed by atoms with E-state index in [0.717, 1.165) is 18.4 Å². The van der Waals surface area contributed by atoms with Gasteiger partial charge in [-0.2, -0.15) is 0 Å². The Morgan fingerprint density at radius 3 is 2.26 bits per heavy atom. The zero-order valence-corrected chi connectivity index (χ0v) is 23.8. The highest BCUT2D eigenvalue weighted by Crippen LogP contribution is 2.41. The van der Waals surface area contributed by atoms with Gasteiger partial charge in [0.05, 0.1) is 15.6 Å². The summed E-state index contributed by atoms with van der Waals surface area (Å²) < 4.78 is 5.61. The van der Waals surface area contributed by atoms with E-state index >= 15 is 0 Å². The number of esters is 1. The van der Waals surface area contributed by atoms with Crippen molar-refractivity contribution in [2.24, 2.45) is 10.5 Å². The molecule has 9 nitrogen and oxygen atoms in total. The Bertz CT molecular complexity index is 1230. The van der Waals surface area contributed by atoms with Crippen LogP contribution in [-0.4, -0.2) is 36.0 Å². The third-order valence-corrected chi connectivity index (χ3v) is 7.26. The van der Waals surface area contributed by atoms with E-state index < -0.39 is 28.9 Å². The van der Waals surface area contributed by atoms with Gasteiger partial charge < -0.3 is 15.4 Å². The Labute approximate surface area is 238 Å². The minimum absolute atomic E-state index is 0.180. The minimum Gasteiger partial charge on any atom is -0.458 e. The van der Waals surface area contributed by atoms with Crippen molar-refractivity contribution in [3.63, 3.8) is 0 Å². The summed E-state index contributed by atoms with van der Waals surface area (Å²) in [7, 11) is 0. The fourth-order valence-corrected chi connectivity index (χ4v) is 5.27. The van der Waals surface area contributed by atoms with Crippen molar-refractivity contribution in [1.29, 1.82) is 0 Å². The van der Waals surface area contributed by atoms with Gasteiger partial charge in [0.25, 0.3) is 5.91 Å². The van der Waals surface area contributed by atoms with Gasteiger partial charge in [0.1, 0.15) is 11.6 Å². The number of benzene rings is 2. The number of nitrogens with zero attached hydrogens (tertiary/aromatic N) is 3. The Morgan fingerprint density at radius 1 is 1.08 bits per heavy atom. The molecule has 1 saturated carbocycles. The van der Waals surface area contributed by atoms with Crippen molar-refractivity contribution >= 4 is 46.7 Å². The molecule has 2 aromatic carbocycles. The van der Waals surface area contributed by atoms with Crippen molar-refractivity contribution in [3.05, 3.63) is 74.1 Å². The van der Waals surface area contributed by atoms with Gasteiger partial charge in [0.15, 0.2) is 0 Å². The van der Waals surface area contributed by atoms with Gasteiger partial charge in [0, 0.05) is 29.0 Å². The van der Waals surface area contributed by atoms with Crippen LogP contribution in [0.5, 0.6) is 0 Å². The second-order valence-electron chi connectivity index (χ2n) is 10.7. The van der Waals surface area contributed by atoms with Crippen LogP contribution in [0.4, 0.5) is 5.69 Å². The van der Waals surface area contributed by atoms with Crippen molar-refractivity contribution < 1.29 is 19.1 Å². The highest BCUT2D eigenvalue weighted by molar-refractivity contribution is 6.40. The maximum absolute atomic E-state index is 13.5. The predicted octanol–water partition coefficient (Wildman–Crippen LogP) is 6.88. The lowest BCUT2D eigenvalue weighted by Gasteiger charge is -2.31. The van der Waals surface area contributed by atoms with Crippen LogP contribution in [0.3, 0.4) is 0 Å². The number of hydrogen-bond acceptors (Lipinski definition) is 5. The molecule has 1 atom stereocenters. The quantitative estimate of drug-likeness (QED) is 0.139. The molecule has 3 rings (SSSR count). The second kappa shape index (κ2) is 13.2. The standard InChI is InChI=1S/C28H33Cl2N5O4/c1-27(2,3)39-25(37)22(34-26(38)28(13-4-5-14-28)15-16-32-35-31)17-18-9-11-19(12-10-18)33-24(36)23-20(29)7-6-8-21(23)30/h6-12,22H,4-5,13-17H2,1-3H3,(H,33,36)(H,34,38)/t22-/m0/s1. The number of hydrogen-bond donors (Lipinski definition) is 2. The molecule has 0 saturated heterocycles. The van der Waals surface area contributed by atoms with E-state index in [1.807, 2.05) is 0 Å². The molecule has 0 unspecified atom stereocenters. The van der Waals surface area contributed by atoms with Crippen LogP contribution in [0, 0.1) is 5.41 Å². The second-order valence-corrected chi connectivity index (χ2v) is 11.5. The van der Waals surface area contributed by atoms with Gasteiger partial charge in [-0.05, 0) is 75.4 Å². The SMILES string of the molecule is CC(C)(C)OC(=O)[C@H](Cc1ccc(NC(=O)c2c(Cl)cccc2Cl)cc1)NC(=O)C1(CCN=[N+]=[N-])CCCC1. The van der Waals surface area contributed by atoms with Crippen molar-refractivity contribution in [2.75, 3.05) is 11.9 Å². The minimum atomic E-state index is -0.920. The summed E-state index contributed by atoms with van der Waals surface area (Å²) in [4.78, 5) is 42.1. The van der Waals surface area contributed by atoms with Crippen LogP contribution in [0.15, 0.2) is 47.6 Å². The molecule has 2 amide bonds. The van der Waals surface area contributed by atoms with Crippen molar-refractivity contribution in [1.82, 2.24) is 5.32 Å². The van der Waals surface area contributed by atoms with Gasteiger partial charge in [-0.25, -0.2) is 4.79 Å². The summed E-state index contributed by atoms with van der Waals surface area (Å²) in [5.41, 5.74) is 8.70. The van der Waals surface area contributed by atoms with Gasteiger partial charge in [-0.15, -0.1) is 0 Å². The average Bonchev–Trinajstić information content (AvgIpc) is 3.34. The third kappa shape index (κ3) is 8.36. The number of amides is 2. The van der Waals surface area contributed by atoms with Crippen molar-refractivity contribution in [3.8, 4) is 0 Å². The van der Waals surface area contributed by atoms with Crippen LogP contribution in [-0.2, 0) is 20.7 Å². The highest BCUT2D eigenvalue weighted by atomic mass is 35.5. The van der Waals surface area contributed by atoms with Crippen molar-refractivity contribution in [2.45, 2.75) is 70.9 Å². The zero-order valence-electron chi connectivity index (χ0n) is 22.3. The van der Waals surface area contributed by atoms with Crippen LogP contribution < -0.4 is 10.6 Å². The van der Waals surface area contributed by atoms with E-state index in [-0.39, 0.29) is 34.5 Å². The van der Waals surface area contributed by atoms with Gasteiger partial charge in [-0.3, -0.25) is 9.59 Å². The molecule has 0 bridgehead atoms. The van der Waals surface area contributed by atoms with Gasteiger partial charge in [-0.1, -0.05) is 59.4 Å². The first-order chi connectivity index (χ1) is 18.4. The van der Waals surface area contributed by atoms with Crippen LogP contribution in [0.1, 0.15) is 68.8 Å². The number of azide groups is 1. The lowest BCUT2D eigenvalue weighted by atomic mass is 9.81. The van der Waals surface area contributed by atoms with Crippen LogP contribution in [0.25, 0.3) is 10.4 Å². The smallest absolute Gasteiger partial charge is 0.329 e. The Balaban J connectivity index is 1.76. The van der Waals surface area contributed by atoms with Gasteiger partial charge >= 0.3 is 5.97 Å². The number of carbonyl (C=O) groups is 3. The number of carbonyl (C=O) groups excluding carboxylic acids is 3. The van der Waals surface area contributed by atoms with E-state index in [1.165, 1.54) is 0 Å². The maximum atomic E-state index is 13.5. The fourth-order valence-electron chi connectivity index (χ4n) is 4.70. The normalized spacial score (nSPS) is 15.1.